The number of esters is 2. The number of ether oxygens (including phenoxy) is 2. The third-order valence-corrected chi connectivity index (χ3v) is 5.15. The van der Waals surface area contributed by atoms with Gasteiger partial charge in [0.05, 0.1) is 24.9 Å². The molecular formula is C21H26N4O5. The molecule has 0 atom stereocenters. The molecule has 0 radical (unpaired) electrons. The Bertz CT molecular complexity index is 901. The lowest BCUT2D eigenvalue weighted by Crippen LogP contribution is -2.42. The lowest BCUT2D eigenvalue weighted by Gasteiger charge is -2.30. The van der Waals surface area contributed by atoms with Crippen molar-refractivity contribution in [1.82, 2.24) is 19.7 Å². The summed E-state index contributed by atoms with van der Waals surface area (Å²) in [5.74, 6) is -0.726. The Kier molecular flexibility index (Phi) is 6.81. The number of piperidine rings is 1. The molecule has 1 fully saturated rings. The van der Waals surface area contributed by atoms with E-state index in [1.165, 1.54) is 13.3 Å². The van der Waals surface area contributed by atoms with Crippen LogP contribution in [0.2, 0.25) is 0 Å². The average Bonchev–Trinajstić information content (AvgIpc) is 3.23. The van der Waals surface area contributed by atoms with Crippen molar-refractivity contribution in [2.24, 2.45) is 5.92 Å². The zero-order valence-electron chi connectivity index (χ0n) is 17.4. The van der Waals surface area contributed by atoms with Crippen LogP contribution in [0.1, 0.15) is 48.7 Å². The Morgan fingerprint density at radius 3 is 2.53 bits per heavy atom. The number of hydrogen-bond acceptors (Lipinski definition) is 7. The number of nitrogens with zero attached hydrogens (tertiary/aromatic N) is 4. The van der Waals surface area contributed by atoms with E-state index < -0.39 is 5.97 Å². The number of rotatable bonds is 6. The van der Waals surface area contributed by atoms with E-state index in [2.05, 4.69) is 10.1 Å². The van der Waals surface area contributed by atoms with Crippen LogP contribution in [-0.2, 0) is 19.1 Å². The van der Waals surface area contributed by atoms with Crippen LogP contribution in [0.4, 0.5) is 0 Å². The summed E-state index contributed by atoms with van der Waals surface area (Å²) in [4.78, 5) is 42.6. The molecule has 0 aliphatic carbocycles. The molecule has 160 valence electrons. The molecule has 9 heteroatoms. The van der Waals surface area contributed by atoms with Crippen LogP contribution in [0.5, 0.6) is 0 Å². The van der Waals surface area contributed by atoms with Crippen LogP contribution in [0.15, 0.2) is 30.6 Å². The van der Waals surface area contributed by atoms with Crippen molar-refractivity contribution in [2.45, 2.75) is 32.6 Å². The average molecular weight is 414 g/mol. The van der Waals surface area contributed by atoms with E-state index in [-0.39, 0.29) is 30.3 Å². The topological polar surface area (TPSA) is 104 Å². The van der Waals surface area contributed by atoms with Crippen molar-refractivity contribution in [3.05, 3.63) is 41.9 Å². The van der Waals surface area contributed by atoms with Crippen molar-refractivity contribution < 1.29 is 23.9 Å². The second-order valence-electron chi connectivity index (χ2n) is 7.45. The summed E-state index contributed by atoms with van der Waals surface area (Å²) in [6, 6.07) is 5.44. The summed E-state index contributed by atoms with van der Waals surface area (Å²) in [5, 5.41) is 4.29. The van der Waals surface area contributed by atoms with Crippen LogP contribution >= 0.6 is 0 Å². The number of hydrogen-bond donors (Lipinski definition) is 0. The maximum absolute atomic E-state index is 12.7. The fraction of sp³-hybridized carbons (Fsp3) is 0.476. The summed E-state index contributed by atoms with van der Waals surface area (Å²) in [7, 11) is 1.36. The quantitative estimate of drug-likeness (QED) is 0.666. The minimum Gasteiger partial charge on any atom is -0.469 e. The van der Waals surface area contributed by atoms with Gasteiger partial charge in [-0.3, -0.25) is 9.59 Å². The van der Waals surface area contributed by atoms with Gasteiger partial charge < -0.3 is 14.4 Å². The van der Waals surface area contributed by atoms with Gasteiger partial charge in [-0.15, -0.1) is 0 Å². The van der Waals surface area contributed by atoms with Crippen LogP contribution in [0.25, 0.3) is 5.82 Å². The maximum Gasteiger partial charge on any atom is 0.342 e. The highest BCUT2D eigenvalue weighted by Gasteiger charge is 2.29. The highest BCUT2D eigenvalue weighted by atomic mass is 16.5. The molecule has 3 rings (SSSR count). The number of likely N-dealkylation sites (tertiary alicyclic amines) is 1. The molecule has 3 heterocycles. The predicted molar refractivity (Wildman–Crippen MR) is 107 cm³/mol. The van der Waals surface area contributed by atoms with Gasteiger partial charge in [-0.05, 0) is 30.9 Å². The SMILES string of the molecule is COC(=O)C1CCN(C(=O)COC(=O)c2cnn(-c3ccccn3)c2C(C)C)CC1. The van der Waals surface area contributed by atoms with Crippen molar-refractivity contribution in [1.29, 1.82) is 0 Å². The number of carbonyl (C=O) groups excluding carboxylic acids is 3. The molecule has 1 aliphatic rings. The van der Waals surface area contributed by atoms with Gasteiger partial charge in [-0.1, -0.05) is 19.9 Å². The summed E-state index contributed by atoms with van der Waals surface area (Å²) in [6.45, 7) is 4.41. The van der Waals surface area contributed by atoms with Gasteiger partial charge in [-0.2, -0.15) is 5.10 Å². The monoisotopic (exact) mass is 414 g/mol. The standard InChI is InChI=1S/C21H26N4O5/c1-14(2)19-16(12-23-25(19)17-6-4-5-9-22-17)21(28)30-13-18(26)24-10-7-15(8-11-24)20(27)29-3/h4-6,9,12,14-15H,7-8,10-11,13H2,1-3H3. The van der Waals surface area contributed by atoms with E-state index >= 15 is 0 Å². The first-order valence-corrected chi connectivity index (χ1v) is 9.94. The normalized spacial score (nSPS) is 14.6. The summed E-state index contributed by atoms with van der Waals surface area (Å²) >= 11 is 0. The molecule has 0 saturated carbocycles. The third kappa shape index (κ3) is 4.67. The van der Waals surface area contributed by atoms with Gasteiger partial charge in [0, 0.05) is 19.3 Å². The second kappa shape index (κ2) is 9.51. The second-order valence-corrected chi connectivity index (χ2v) is 7.45. The zero-order chi connectivity index (χ0) is 21.7. The lowest BCUT2D eigenvalue weighted by molar-refractivity contribution is -0.149. The summed E-state index contributed by atoms with van der Waals surface area (Å²) < 4.78 is 11.6. The van der Waals surface area contributed by atoms with Crippen molar-refractivity contribution in [3.63, 3.8) is 0 Å². The van der Waals surface area contributed by atoms with E-state index in [4.69, 9.17) is 9.47 Å². The summed E-state index contributed by atoms with van der Waals surface area (Å²) in [6.07, 6.45) is 4.18. The molecular weight excluding hydrogens is 388 g/mol. The first-order valence-electron chi connectivity index (χ1n) is 9.94. The maximum atomic E-state index is 12.7. The van der Waals surface area contributed by atoms with Crippen molar-refractivity contribution in [2.75, 3.05) is 26.8 Å². The Morgan fingerprint density at radius 2 is 1.93 bits per heavy atom. The molecule has 2 aromatic heterocycles. The number of pyridine rings is 1. The lowest BCUT2D eigenvalue weighted by atomic mass is 9.97. The molecule has 0 N–H and O–H groups in total. The van der Waals surface area contributed by atoms with Gasteiger partial charge in [0.1, 0.15) is 5.56 Å². The molecule has 0 spiro atoms. The minimum atomic E-state index is -0.598. The van der Waals surface area contributed by atoms with E-state index in [1.54, 1.807) is 27.9 Å². The zero-order valence-corrected chi connectivity index (χ0v) is 17.4. The highest BCUT2D eigenvalue weighted by Crippen LogP contribution is 2.23. The minimum absolute atomic E-state index is 0.00916. The number of carbonyl (C=O) groups is 3. The molecule has 30 heavy (non-hydrogen) atoms. The molecule has 1 saturated heterocycles. The molecule has 0 bridgehead atoms. The van der Waals surface area contributed by atoms with Gasteiger partial charge in [0.25, 0.3) is 5.91 Å². The Labute approximate surface area is 175 Å². The van der Waals surface area contributed by atoms with E-state index in [9.17, 15) is 14.4 Å². The largest absolute Gasteiger partial charge is 0.469 e. The van der Waals surface area contributed by atoms with Crippen molar-refractivity contribution in [3.8, 4) is 5.82 Å². The highest BCUT2D eigenvalue weighted by molar-refractivity contribution is 5.92. The van der Waals surface area contributed by atoms with Gasteiger partial charge >= 0.3 is 11.9 Å². The molecule has 9 nitrogen and oxygen atoms in total. The number of methoxy groups -OCH3 is 1. The van der Waals surface area contributed by atoms with Crippen LogP contribution in [0.3, 0.4) is 0 Å². The molecule has 1 aliphatic heterocycles. The Hall–Kier alpha value is -3.23. The fourth-order valence-corrected chi connectivity index (χ4v) is 3.56. The van der Waals surface area contributed by atoms with E-state index in [1.807, 2.05) is 19.9 Å². The van der Waals surface area contributed by atoms with E-state index in [0.717, 1.165) is 0 Å². The van der Waals surface area contributed by atoms with Crippen LogP contribution < -0.4 is 0 Å². The molecule has 1 amide bonds. The molecule has 2 aromatic rings. The first kappa shape index (κ1) is 21.5. The third-order valence-electron chi connectivity index (χ3n) is 5.15. The number of aromatic nitrogens is 3. The van der Waals surface area contributed by atoms with Crippen LogP contribution in [-0.4, -0.2) is 64.3 Å². The Balaban J connectivity index is 1.62. The van der Waals surface area contributed by atoms with Gasteiger partial charge in [0.15, 0.2) is 12.4 Å². The molecule has 0 aromatic carbocycles. The predicted octanol–water partition coefficient (Wildman–Crippen LogP) is 1.96. The summed E-state index contributed by atoms with van der Waals surface area (Å²) in [5.41, 5.74) is 0.984. The first-order chi connectivity index (χ1) is 14.4. The van der Waals surface area contributed by atoms with Gasteiger partial charge in [0.2, 0.25) is 0 Å². The van der Waals surface area contributed by atoms with Crippen molar-refractivity contribution >= 4 is 17.8 Å². The molecule has 0 unspecified atom stereocenters. The van der Waals surface area contributed by atoms with E-state index in [0.29, 0.717) is 43.0 Å². The van der Waals surface area contributed by atoms with Crippen LogP contribution in [0, 0.1) is 5.92 Å². The fourth-order valence-electron chi connectivity index (χ4n) is 3.56. The number of amides is 1. The Morgan fingerprint density at radius 1 is 1.20 bits per heavy atom. The smallest absolute Gasteiger partial charge is 0.342 e. The van der Waals surface area contributed by atoms with Gasteiger partial charge in [-0.25, -0.2) is 14.5 Å².